The molecule has 200 valence electrons. The topological polar surface area (TPSA) is 329 Å². The number of hydrogen-bond donors (Lipinski definition) is 8. The van der Waals surface area contributed by atoms with Crippen molar-refractivity contribution in [3.63, 3.8) is 0 Å². The molecule has 21 nitrogen and oxygen atoms in total. The van der Waals surface area contributed by atoms with Gasteiger partial charge < -0.3 is 35.2 Å². The SMILES string of the molecule is N=[N+]=NC[C@]1(COP(=O)(O)OP(=O)(O)OP(=O)(O)O)O[C@@H](n2cnc3c(=O)[nH]c(N)nc32)[C@H](F)[C@@H]1O. The zero-order chi connectivity index (χ0) is 27.1. The Morgan fingerprint density at radius 1 is 1.31 bits per heavy atom. The zero-order valence-electron chi connectivity index (χ0n) is 17.3. The monoisotopic (exact) mass is 581 g/mol. The average molecular weight is 581 g/mol. The smallest absolute Gasteiger partial charge is 0.387 e. The number of aromatic amines is 1. The Kier molecular flexibility index (Phi) is 7.77. The molecular weight excluding hydrogens is 564 g/mol. The van der Waals surface area contributed by atoms with E-state index in [9.17, 15) is 33.4 Å². The van der Waals surface area contributed by atoms with Gasteiger partial charge in [-0.05, 0) is 0 Å². The van der Waals surface area contributed by atoms with Crippen LogP contribution in [0.4, 0.5) is 10.3 Å². The molecule has 0 radical (unpaired) electrons. The van der Waals surface area contributed by atoms with E-state index < -0.39 is 66.3 Å². The molecule has 2 unspecified atom stereocenters. The van der Waals surface area contributed by atoms with Crippen LogP contribution in [0.3, 0.4) is 0 Å². The van der Waals surface area contributed by atoms with Crippen LogP contribution in [0.15, 0.2) is 16.2 Å². The predicted octanol–water partition coefficient (Wildman–Crippen LogP) is -1.44. The van der Waals surface area contributed by atoms with Crippen LogP contribution >= 0.6 is 23.5 Å². The van der Waals surface area contributed by atoms with Gasteiger partial charge in [-0.15, -0.1) is 0 Å². The number of hydrogen-bond acceptors (Lipinski definition) is 14. The number of fused-ring (bicyclic) bond motifs is 1. The first-order valence-corrected chi connectivity index (χ1v) is 13.6. The third kappa shape index (κ3) is 6.16. The highest BCUT2D eigenvalue weighted by molar-refractivity contribution is 7.66. The first-order chi connectivity index (χ1) is 16.5. The lowest BCUT2D eigenvalue weighted by Gasteiger charge is -2.28. The molecule has 36 heavy (non-hydrogen) atoms. The van der Waals surface area contributed by atoms with Crippen LogP contribution in [0.5, 0.6) is 0 Å². The van der Waals surface area contributed by atoms with Crippen LogP contribution in [0.25, 0.3) is 11.2 Å². The Morgan fingerprint density at radius 2 is 1.97 bits per heavy atom. The largest absolute Gasteiger partial charge is 0.490 e. The summed E-state index contributed by atoms with van der Waals surface area (Å²) in [7, 11) is -17.2. The number of nitrogens with two attached hydrogens (primary N) is 1. The lowest BCUT2D eigenvalue weighted by molar-refractivity contribution is -0.119. The van der Waals surface area contributed by atoms with Gasteiger partial charge in [0.1, 0.15) is 16.7 Å². The summed E-state index contributed by atoms with van der Waals surface area (Å²) in [6.45, 7) is -2.20. The molecule has 2 aromatic heterocycles. The van der Waals surface area contributed by atoms with Gasteiger partial charge >= 0.3 is 23.5 Å². The number of H-pyrrole nitrogens is 1. The summed E-state index contributed by atoms with van der Waals surface area (Å²) < 4.78 is 67.4. The van der Waals surface area contributed by atoms with E-state index in [0.29, 0.717) is 0 Å². The fourth-order valence-corrected chi connectivity index (χ4v) is 6.18. The molecule has 6 atom stereocenters. The number of ether oxygens (including phenoxy) is 1. The molecule has 1 aliphatic heterocycles. The maximum Gasteiger partial charge on any atom is 0.490 e. The van der Waals surface area contributed by atoms with E-state index >= 15 is 4.39 Å². The lowest BCUT2D eigenvalue weighted by atomic mass is 9.97. The number of aliphatic hydroxyl groups excluding tert-OH is 1. The molecule has 1 fully saturated rings. The van der Waals surface area contributed by atoms with Crippen molar-refractivity contribution in [3.8, 4) is 0 Å². The summed E-state index contributed by atoms with van der Waals surface area (Å²) in [5.74, 6) is -0.370. The summed E-state index contributed by atoms with van der Waals surface area (Å²) in [4.78, 5) is 60.5. The second-order valence-corrected chi connectivity index (χ2v) is 11.4. The predicted molar refractivity (Wildman–Crippen MR) is 108 cm³/mol. The van der Waals surface area contributed by atoms with Crippen molar-refractivity contribution < 1.29 is 60.6 Å². The van der Waals surface area contributed by atoms with Gasteiger partial charge in [-0.2, -0.15) is 13.6 Å². The number of imidazole rings is 1. The number of alkyl halides is 1. The lowest BCUT2D eigenvalue weighted by Crippen LogP contribution is -2.48. The van der Waals surface area contributed by atoms with Crippen molar-refractivity contribution in [2.45, 2.75) is 24.1 Å². The van der Waals surface area contributed by atoms with Crippen LogP contribution in [0, 0.1) is 5.53 Å². The van der Waals surface area contributed by atoms with Gasteiger partial charge in [-0.3, -0.25) is 18.9 Å². The van der Waals surface area contributed by atoms with E-state index in [2.05, 4.69) is 38.1 Å². The zero-order valence-corrected chi connectivity index (χ0v) is 19.9. The molecule has 0 amide bonds. The number of anilines is 1. The van der Waals surface area contributed by atoms with Crippen LogP contribution < -0.4 is 16.2 Å². The molecule has 3 heterocycles. The van der Waals surface area contributed by atoms with E-state index in [0.717, 1.165) is 10.9 Å². The molecule has 9 N–H and O–H groups in total. The molecule has 0 bridgehead atoms. The number of nitrogen functional groups attached to an aromatic ring is 1. The van der Waals surface area contributed by atoms with Gasteiger partial charge in [0.25, 0.3) is 5.56 Å². The van der Waals surface area contributed by atoms with Crippen LogP contribution in [0.1, 0.15) is 6.23 Å². The standard InChI is InChI=1S/C11H16FN8O13P3/c12-4-6(21)11(1-16-19-14,2-30-35(26,27)33-36(28,29)32-34(23,24)25)31-9(4)20-3-15-5-7(20)17-10(13)18-8(5)22/h3-4,6,9,14,21H,1-2H2,(H6-,13,17,18,22,23,24,25,26,27,28,29)/p+1/t4-,6+,9-,11-/m1/s1. The summed E-state index contributed by atoms with van der Waals surface area (Å²) in [6, 6.07) is 0. The molecule has 0 aromatic carbocycles. The number of aliphatic hydroxyl groups is 1. The normalized spacial score (nSPS) is 27.9. The third-order valence-electron chi connectivity index (χ3n) is 4.49. The first-order valence-electron chi connectivity index (χ1n) is 9.03. The Balaban J connectivity index is 1.91. The molecule has 1 saturated heterocycles. The van der Waals surface area contributed by atoms with Crippen LogP contribution in [-0.4, -0.2) is 75.2 Å². The van der Waals surface area contributed by atoms with Crippen LogP contribution in [-0.2, 0) is 31.6 Å². The number of nitrogens with zero attached hydrogens (tertiary/aromatic N) is 5. The third-order valence-corrected chi connectivity index (χ3v) is 8.27. The van der Waals surface area contributed by atoms with E-state index in [1.54, 1.807) is 0 Å². The molecular formula is C11H17FN8O13P3+. The van der Waals surface area contributed by atoms with Crippen molar-refractivity contribution >= 4 is 40.6 Å². The van der Waals surface area contributed by atoms with Crippen molar-refractivity contribution in [2.75, 3.05) is 18.9 Å². The highest BCUT2D eigenvalue weighted by Gasteiger charge is 2.58. The molecule has 0 spiro atoms. The average Bonchev–Trinajstić information content (AvgIpc) is 3.23. The summed E-state index contributed by atoms with van der Waals surface area (Å²) in [6.07, 6.45) is -5.53. The number of aromatic nitrogens is 4. The van der Waals surface area contributed by atoms with E-state index in [4.69, 9.17) is 25.8 Å². The minimum Gasteiger partial charge on any atom is -0.387 e. The van der Waals surface area contributed by atoms with Crippen LogP contribution in [0.2, 0.25) is 0 Å². The summed E-state index contributed by atoms with van der Waals surface area (Å²) in [5.41, 5.74) is 8.51. The molecule has 0 saturated carbocycles. The minimum absolute atomic E-state index is 0.276. The van der Waals surface area contributed by atoms with Crippen molar-refractivity contribution in [1.29, 1.82) is 5.53 Å². The number of halogens is 1. The summed E-state index contributed by atoms with van der Waals surface area (Å²) >= 11 is 0. The molecule has 2 aromatic rings. The highest BCUT2D eigenvalue weighted by Crippen LogP contribution is 2.66. The van der Waals surface area contributed by atoms with Gasteiger partial charge in [0, 0.05) is 0 Å². The number of phosphoric ester groups is 1. The fraction of sp³-hybridized carbons (Fsp3) is 0.545. The molecule has 1 aliphatic rings. The number of rotatable bonds is 10. The second-order valence-electron chi connectivity index (χ2n) is 7.00. The fourth-order valence-electron chi connectivity index (χ4n) is 3.11. The Morgan fingerprint density at radius 3 is 2.58 bits per heavy atom. The summed E-state index contributed by atoms with van der Waals surface area (Å²) in [5, 5.41) is 13.8. The van der Waals surface area contributed by atoms with Crippen molar-refractivity contribution in [1.82, 2.24) is 24.4 Å². The maximum absolute atomic E-state index is 15.2. The van der Waals surface area contributed by atoms with Crippen molar-refractivity contribution in [2.24, 2.45) is 5.11 Å². The molecule has 0 aliphatic carbocycles. The van der Waals surface area contributed by atoms with Gasteiger partial charge in [0.2, 0.25) is 10.9 Å². The Hall–Kier alpha value is -2.28. The number of nitrogens with one attached hydrogen (secondary N) is 2. The quantitative estimate of drug-likeness (QED) is 0.0904. The first kappa shape index (κ1) is 28.3. The molecule has 25 heteroatoms. The van der Waals surface area contributed by atoms with E-state index in [1.807, 2.05) is 0 Å². The van der Waals surface area contributed by atoms with Gasteiger partial charge in [0.15, 0.2) is 35.7 Å². The Labute approximate surface area is 196 Å². The van der Waals surface area contributed by atoms with Crippen molar-refractivity contribution in [3.05, 3.63) is 16.7 Å². The van der Waals surface area contributed by atoms with Gasteiger partial charge in [0.05, 0.1) is 12.9 Å². The van der Waals surface area contributed by atoms with E-state index in [1.165, 1.54) is 0 Å². The van der Waals surface area contributed by atoms with Gasteiger partial charge in [-0.25, -0.2) is 23.1 Å². The second kappa shape index (κ2) is 9.88. The maximum atomic E-state index is 15.2. The highest BCUT2D eigenvalue weighted by atomic mass is 31.3. The van der Waals surface area contributed by atoms with Gasteiger partial charge in [-0.1, -0.05) is 0 Å². The molecule has 3 rings (SSSR count). The Bertz CT molecular complexity index is 1410. The minimum atomic E-state index is -5.87. The number of phosphoric acid groups is 3. The van der Waals surface area contributed by atoms with E-state index in [-0.39, 0.29) is 17.1 Å².